The number of ether oxygens (including phenoxy) is 5. The summed E-state index contributed by atoms with van der Waals surface area (Å²) >= 11 is 0. The zero-order valence-electron chi connectivity index (χ0n) is 45.5. The summed E-state index contributed by atoms with van der Waals surface area (Å²) in [5.74, 6) is -8.53. The van der Waals surface area contributed by atoms with Crippen LogP contribution in [0.25, 0.3) is 0 Å². The van der Waals surface area contributed by atoms with Gasteiger partial charge in [-0.15, -0.1) is 0 Å². The number of hydrogen-bond acceptors (Lipinski definition) is 22. The van der Waals surface area contributed by atoms with E-state index in [-0.39, 0.29) is 25.2 Å². The van der Waals surface area contributed by atoms with Crippen LogP contribution in [-0.2, 0) is 33.3 Å². The van der Waals surface area contributed by atoms with Gasteiger partial charge in [0.2, 0.25) is 0 Å². The van der Waals surface area contributed by atoms with E-state index >= 15 is 0 Å². The predicted octanol–water partition coefficient (Wildman–Crippen LogP) is -1.90. The number of quaternary nitrogens is 1. The minimum Gasteiger partial charge on any atom is -0.865 e. The summed E-state index contributed by atoms with van der Waals surface area (Å²) in [7, 11) is 0. The lowest BCUT2D eigenvalue weighted by Crippen LogP contribution is -2.78. The third kappa shape index (κ3) is 22.1. The van der Waals surface area contributed by atoms with E-state index in [0.29, 0.717) is 0 Å². The van der Waals surface area contributed by atoms with E-state index in [0.717, 1.165) is 0 Å². The van der Waals surface area contributed by atoms with Crippen molar-refractivity contribution in [1.82, 2.24) is 0 Å². The number of esters is 2. The molecule has 0 aromatic carbocycles. The number of hydrogen-bond donors (Lipinski definition) is 15. The highest BCUT2D eigenvalue weighted by Crippen LogP contribution is 2.40. The standard InChI is InChI=1S/C50H79NO16.C6H8O6/c1-30-20-18-16-14-12-10-8-6-7-9-11-13-15-17-19-21-42(66-49-47(62)44(51)46(61)34(5)65-49)32(3)48-38(29-52)41(58)28-50(63,67-48)27-37(55)25-40(57)39(56)23-22-35(53)24-36(54)26-43(59)64-33(4)31(2)45(30)60;7-1-2(8)5-3(9)4(10)6(11)12-5/h6-21,30-42,44-49,52-58,60-63H,22-29,51H2,1-5H3;2,5,7-10H,1H2/b8-6+,9-7+,12-10+,13-11+,16-14+,17-15+,20-18+,21-19+;/t30-,31-,32?,33-,34+,35+,36+,37-,38?,39+,40+,41-,42?,44-,45+,46+,47-,48?,49-,50+;2-,5+/m00/s1. The second-order valence-electron chi connectivity index (χ2n) is 20.8. The Bertz CT molecular complexity index is 2130. The molecule has 0 aromatic heterocycles. The number of carbonyl (C=O) groups is 2. The summed E-state index contributed by atoms with van der Waals surface area (Å²) in [6.07, 6.45) is 7.67. The lowest BCUT2D eigenvalue weighted by Gasteiger charge is -2.48. The Kier molecular flexibility index (Phi) is 29.7. The first kappa shape index (κ1) is 68.8. The third-order valence-corrected chi connectivity index (χ3v) is 14.3. The highest BCUT2D eigenvalue weighted by molar-refractivity contribution is 5.88. The number of rotatable bonds is 5. The molecule has 0 aromatic rings. The van der Waals surface area contributed by atoms with Gasteiger partial charge in [0.1, 0.15) is 30.1 Å². The van der Waals surface area contributed by atoms with Crippen LogP contribution in [-0.4, -0.2) is 206 Å². The van der Waals surface area contributed by atoms with Crippen molar-refractivity contribution in [2.45, 2.75) is 189 Å². The molecule has 23 heteroatoms. The molecular weight excluding hydrogens is 1040 g/mol. The number of carbonyl (C=O) groups excluding carboxylic acids is 2. The van der Waals surface area contributed by atoms with E-state index in [9.17, 15) is 70.9 Å². The fraction of sp³-hybridized carbons (Fsp3) is 0.643. The van der Waals surface area contributed by atoms with Gasteiger partial charge in [-0.3, -0.25) is 4.79 Å². The molecule has 2 fully saturated rings. The van der Waals surface area contributed by atoms with Gasteiger partial charge in [0, 0.05) is 48.7 Å². The summed E-state index contributed by atoms with van der Waals surface area (Å²) in [4.78, 5) is 23.1. The molecule has 4 aliphatic heterocycles. The van der Waals surface area contributed by atoms with E-state index < -0.39 is 190 Å². The van der Waals surface area contributed by atoms with E-state index in [1.165, 1.54) is 0 Å². The Morgan fingerprint density at radius 1 is 0.671 bits per heavy atom. The Hall–Kier alpha value is -4.48. The average Bonchev–Trinajstić information content (AvgIpc) is 3.70. The quantitative estimate of drug-likeness (QED) is 0.134. The van der Waals surface area contributed by atoms with Gasteiger partial charge in [-0.05, 0) is 33.1 Å². The van der Waals surface area contributed by atoms with Crippen LogP contribution in [0.5, 0.6) is 0 Å². The lowest BCUT2D eigenvalue weighted by atomic mass is 9.79. The zero-order chi connectivity index (χ0) is 59.1. The topological polar surface area (TPSA) is 414 Å². The lowest BCUT2D eigenvalue weighted by molar-refractivity contribution is -0.488. The molecule has 4 heterocycles. The Morgan fingerprint density at radius 2 is 1.23 bits per heavy atom. The summed E-state index contributed by atoms with van der Waals surface area (Å²) in [5, 5.41) is 156. The van der Waals surface area contributed by atoms with E-state index in [2.05, 4.69) is 10.5 Å². The molecule has 2 bridgehead atoms. The number of aliphatic hydroxyl groups is 14. The summed E-state index contributed by atoms with van der Waals surface area (Å²) in [6, 6.07) is -0.850. The molecule has 0 spiro atoms. The maximum atomic E-state index is 12.7. The Labute approximate surface area is 461 Å². The Balaban J connectivity index is 0.00000120. The number of cyclic esters (lactones) is 2. The monoisotopic (exact) mass is 1130 g/mol. The second-order valence-corrected chi connectivity index (χ2v) is 20.8. The number of allylic oxidation sites excluding steroid dienone is 14. The molecule has 4 unspecified atom stereocenters. The van der Waals surface area contributed by atoms with Crippen LogP contribution in [0.15, 0.2) is 109 Å². The van der Waals surface area contributed by atoms with Crippen LogP contribution in [0.4, 0.5) is 0 Å². The van der Waals surface area contributed by atoms with Crippen LogP contribution in [0.2, 0.25) is 0 Å². The van der Waals surface area contributed by atoms with Gasteiger partial charge in [0.25, 0.3) is 0 Å². The van der Waals surface area contributed by atoms with Crippen molar-refractivity contribution in [1.29, 1.82) is 0 Å². The molecule has 22 atom stereocenters. The van der Waals surface area contributed by atoms with Crippen molar-refractivity contribution >= 4 is 11.9 Å². The Morgan fingerprint density at radius 3 is 1.76 bits per heavy atom. The summed E-state index contributed by atoms with van der Waals surface area (Å²) in [5.41, 5.74) is 3.88. The molecule has 0 aliphatic carbocycles. The fourth-order valence-electron chi connectivity index (χ4n) is 9.25. The van der Waals surface area contributed by atoms with Crippen molar-refractivity contribution in [3.63, 3.8) is 0 Å². The zero-order valence-corrected chi connectivity index (χ0v) is 45.5. The average molecular weight is 1130 g/mol. The highest BCUT2D eigenvalue weighted by atomic mass is 16.7. The van der Waals surface area contributed by atoms with Crippen LogP contribution >= 0.6 is 0 Å². The van der Waals surface area contributed by atoms with Gasteiger partial charge < -0.3 is 106 Å². The van der Waals surface area contributed by atoms with Crippen LogP contribution in [0.3, 0.4) is 0 Å². The van der Waals surface area contributed by atoms with Crippen LogP contribution in [0.1, 0.15) is 79.6 Å². The molecule has 0 radical (unpaired) electrons. The van der Waals surface area contributed by atoms with Gasteiger partial charge in [-0.25, -0.2) is 4.79 Å². The second kappa shape index (κ2) is 34.1. The van der Waals surface area contributed by atoms with Gasteiger partial charge in [0.05, 0.1) is 80.7 Å². The van der Waals surface area contributed by atoms with Crippen molar-refractivity contribution in [2.75, 3.05) is 13.2 Å². The first-order chi connectivity index (χ1) is 37.2. The minimum atomic E-state index is -2.17. The van der Waals surface area contributed by atoms with Gasteiger partial charge in [0.15, 0.2) is 24.3 Å². The third-order valence-electron chi connectivity index (χ3n) is 14.3. The molecule has 4 aliphatic rings. The maximum Gasteiger partial charge on any atom is 0.327 e. The molecule has 2 saturated heterocycles. The molecule has 448 valence electrons. The van der Waals surface area contributed by atoms with Gasteiger partial charge in [-0.2, -0.15) is 0 Å². The van der Waals surface area contributed by atoms with E-state index in [1.54, 1.807) is 58.1 Å². The normalized spacial score (nSPS) is 43.2. The number of aliphatic hydroxyl groups excluding tert-OH is 13. The van der Waals surface area contributed by atoms with Crippen molar-refractivity contribution in [2.24, 2.45) is 23.7 Å². The minimum absolute atomic E-state index is 0.0747. The molecule has 79 heavy (non-hydrogen) atoms. The van der Waals surface area contributed by atoms with Gasteiger partial charge >= 0.3 is 11.9 Å². The van der Waals surface area contributed by atoms with Crippen molar-refractivity contribution < 1.29 is 116 Å². The van der Waals surface area contributed by atoms with E-state index in [1.807, 2.05) is 73.8 Å². The highest BCUT2D eigenvalue weighted by Gasteiger charge is 2.51. The largest absolute Gasteiger partial charge is 0.865 e. The first-order valence-corrected chi connectivity index (χ1v) is 26.7. The van der Waals surface area contributed by atoms with Crippen LogP contribution < -0.4 is 10.8 Å². The molecule has 23 nitrogen and oxygen atoms in total. The number of fused-ring (bicyclic) bond motifs is 2. The SMILES string of the molecule is CC1C(O[C@@H]2O[C@H](C)[C@@H](O)[C@H]([NH3+])[C@@H]2O)/C=C/C=C/C=C/C=C/C=C/C=C/C=C/C=C/[C@H](C)[C@@H](O)[C@@H](C)[C@H](C)OC(=O)C[C@H](O)C[C@H](O)CC[C@@H](O)[C@H](O)C[C@H](O)C[C@]2(O)C[C@H](O)C(CO)C1O2.O=C1O[C@H]([C@@H](O)CO)C(O)=C1[O-]. The smallest absolute Gasteiger partial charge is 0.327 e. The van der Waals surface area contributed by atoms with Crippen molar-refractivity contribution in [3.05, 3.63) is 109 Å². The first-order valence-electron chi connectivity index (χ1n) is 26.7. The maximum absolute atomic E-state index is 12.7. The molecule has 4 rings (SSSR count). The molecule has 0 amide bonds. The summed E-state index contributed by atoms with van der Waals surface area (Å²) < 4.78 is 28.1. The fourth-order valence-corrected chi connectivity index (χ4v) is 9.25. The predicted molar refractivity (Wildman–Crippen MR) is 281 cm³/mol. The molecule has 0 saturated carbocycles. The molecular formula is C56H87NO22. The summed E-state index contributed by atoms with van der Waals surface area (Å²) in [6.45, 7) is 7.33. The van der Waals surface area contributed by atoms with Crippen LogP contribution in [0, 0.1) is 23.7 Å². The van der Waals surface area contributed by atoms with Crippen molar-refractivity contribution in [3.8, 4) is 0 Å². The molecule has 17 N–H and O–H groups in total. The van der Waals surface area contributed by atoms with Gasteiger partial charge in [-0.1, -0.05) is 118 Å². The van der Waals surface area contributed by atoms with E-state index in [4.69, 9.17) is 34.3 Å².